The largest absolute Gasteiger partial charge is 0.494 e. The number of amides is 1. The van der Waals surface area contributed by atoms with Gasteiger partial charge in [-0.1, -0.05) is 0 Å². The fraction of sp³-hybridized carbons (Fsp3) is 0.444. The first-order chi connectivity index (χ1) is 23.8. The summed E-state index contributed by atoms with van der Waals surface area (Å²) in [6.45, 7) is 3.81. The smallest absolute Gasteiger partial charge is 0.254 e. The van der Waals surface area contributed by atoms with Gasteiger partial charge >= 0.3 is 0 Å². The zero-order valence-electron chi connectivity index (χ0n) is 27.9. The third kappa shape index (κ3) is 5.03. The number of methoxy groups -OCH3 is 1. The molecule has 4 atom stereocenters. The van der Waals surface area contributed by atoms with E-state index >= 15 is 0 Å². The molecule has 2 bridgehead atoms. The van der Waals surface area contributed by atoms with E-state index < -0.39 is 0 Å². The number of nitrogens with zero attached hydrogens (tertiary/aromatic N) is 9. The number of carbonyl (C=O) groups excluding carboxylic acids is 1. The molecule has 2 saturated heterocycles. The van der Waals surface area contributed by atoms with Crippen molar-refractivity contribution in [2.75, 3.05) is 31.6 Å². The Bertz CT molecular complexity index is 2170. The number of fused-ring (bicyclic) bond motifs is 4. The summed E-state index contributed by atoms with van der Waals surface area (Å²) in [6, 6.07) is 14.2. The molecule has 49 heavy (non-hydrogen) atoms. The van der Waals surface area contributed by atoms with Crippen LogP contribution >= 0.6 is 0 Å². The second kappa shape index (κ2) is 11.3. The first-order valence-electron chi connectivity index (χ1n) is 17.4. The summed E-state index contributed by atoms with van der Waals surface area (Å²) in [5, 5.41) is 10.3. The molecule has 0 spiro atoms. The van der Waals surface area contributed by atoms with Crippen molar-refractivity contribution in [2.24, 2.45) is 17.6 Å². The van der Waals surface area contributed by atoms with Gasteiger partial charge in [0.1, 0.15) is 36.6 Å². The van der Waals surface area contributed by atoms with Gasteiger partial charge in [-0.3, -0.25) is 4.79 Å². The topological polar surface area (TPSA) is 144 Å². The van der Waals surface area contributed by atoms with Crippen LogP contribution in [-0.2, 0) is 13.1 Å². The molecule has 6 heterocycles. The van der Waals surface area contributed by atoms with Crippen LogP contribution in [0, 0.1) is 23.2 Å². The number of likely N-dealkylation sites (tertiary alicyclic amines) is 1. The number of imidazole rings is 1. The first kappa shape index (κ1) is 30.1. The maximum absolute atomic E-state index is 14.0. The number of nitrogens with two attached hydrogens (primary N) is 1. The van der Waals surface area contributed by atoms with Gasteiger partial charge < -0.3 is 29.4 Å². The fourth-order valence-corrected chi connectivity index (χ4v) is 8.63. The molecule has 5 aromatic rings. The van der Waals surface area contributed by atoms with E-state index in [1.165, 1.54) is 12.8 Å². The Balaban J connectivity index is 1.17. The van der Waals surface area contributed by atoms with E-state index in [4.69, 9.17) is 20.4 Å². The standard InChI is InChI=1S/C36H39BN10O2/c1-49-28-15-24(35(48)46-18-23-6-7-26(46)31(23)39)13-25-32(28)47(20-36(37)9-12-44(19-36)30-8-11-40-29(16-38)43-30)34(42-25)27-14-22-3-2-10-41-33(22)45(27)17-21-4-5-21/h2-3,8,10-11,13-15,21,23,26,31H,4-7,9,12,17-20,37,39H2,1H3/t23?,26?,31-,36+/m1/s1. The lowest BCUT2D eigenvalue weighted by Gasteiger charge is -2.28. The molecule has 1 aromatic carbocycles. The van der Waals surface area contributed by atoms with Crippen molar-refractivity contribution in [2.45, 2.75) is 62.6 Å². The highest BCUT2D eigenvalue weighted by atomic mass is 16.5. The van der Waals surface area contributed by atoms with Crippen molar-refractivity contribution in [3.05, 3.63) is 60.2 Å². The molecule has 2 N–H and O–H groups in total. The van der Waals surface area contributed by atoms with Gasteiger partial charge in [-0.25, -0.2) is 19.9 Å². The monoisotopic (exact) mass is 654 g/mol. The number of piperidine rings is 1. The second-order valence-electron chi connectivity index (χ2n) is 14.8. The third-order valence-electron chi connectivity index (χ3n) is 11.4. The lowest BCUT2D eigenvalue weighted by molar-refractivity contribution is 0.0700. The van der Waals surface area contributed by atoms with E-state index in [2.05, 4.69) is 50.1 Å². The number of nitriles is 1. The lowest BCUT2D eigenvalue weighted by Crippen LogP contribution is -2.41. The van der Waals surface area contributed by atoms with Gasteiger partial charge in [-0.15, -0.1) is 0 Å². The van der Waals surface area contributed by atoms with Crippen LogP contribution in [0.1, 0.15) is 48.3 Å². The Morgan fingerprint density at radius 1 is 1.12 bits per heavy atom. The molecule has 9 rings (SSSR count). The van der Waals surface area contributed by atoms with Crippen LogP contribution < -0.4 is 15.4 Å². The van der Waals surface area contributed by atoms with Crippen LogP contribution in [0.2, 0.25) is 5.31 Å². The summed E-state index contributed by atoms with van der Waals surface area (Å²) in [4.78, 5) is 36.9. The SMILES string of the molecule is B[C@@]1(Cn2c(-c3cc4cccnc4n3CC3CC3)nc3cc(C(=O)N4CC5CCC4[C@@H]5N)cc(OC)c32)CCN(c2ccnc(C#N)n2)C1. The Kier molecular flexibility index (Phi) is 6.95. The lowest BCUT2D eigenvalue weighted by atomic mass is 9.68. The molecular weight excluding hydrogens is 615 g/mol. The summed E-state index contributed by atoms with van der Waals surface area (Å²) in [6.07, 6.45) is 8.90. The molecule has 2 aliphatic carbocycles. The normalized spacial score (nSPS) is 24.7. The molecule has 4 fully saturated rings. The summed E-state index contributed by atoms with van der Waals surface area (Å²) in [5.74, 6) is 3.39. The van der Waals surface area contributed by atoms with E-state index in [0.717, 1.165) is 78.3 Å². The average Bonchev–Trinajstić information content (AvgIpc) is 3.36. The number of anilines is 1. The quantitative estimate of drug-likeness (QED) is 0.249. The summed E-state index contributed by atoms with van der Waals surface area (Å²) < 4.78 is 10.7. The number of benzene rings is 1. The number of carbonyl (C=O) groups is 1. The van der Waals surface area contributed by atoms with Crippen LogP contribution in [0.15, 0.2) is 48.8 Å². The van der Waals surface area contributed by atoms with Gasteiger partial charge in [-0.05, 0) is 85.7 Å². The van der Waals surface area contributed by atoms with Crippen molar-refractivity contribution < 1.29 is 9.53 Å². The Hall–Kier alpha value is -4.96. The zero-order chi connectivity index (χ0) is 33.4. The Labute approximate surface area is 285 Å². The highest BCUT2D eigenvalue weighted by Gasteiger charge is 2.47. The maximum Gasteiger partial charge on any atom is 0.254 e. The van der Waals surface area contributed by atoms with Crippen molar-refractivity contribution >= 4 is 41.6 Å². The van der Waals surface area contributed by atoms with Gasteiger partial charge in [0, 0.05) is 68.2 Å². The van der Waals surface area contributed by atoms with Crippen LogP contribution in [0.5, 0.6) is 5.75 Å². The van der Waals surface area contributed by atoms with Crippen molar-refractivity contribution in [1.82, 2.24) is 34.0 Å². The molecule has 12 nitrogen and oxygen atoms in total. The van der Waals surface area contributed by atoms with Crippen LogP contribution in [0.3, 0.4) is 0 Å². The van der Waals surface area contributed by atoms with Crippen LogP contribution in [0.25, 0.3) is 33.6 Å². The number of aromatic nitrogens is 6. The van der Waals surface area contributed by atoms with E-state index in [1.54, 1.807) is 13.3 Å². The predicted molar refractivity (Wildman–Crippen MR) is 188 cm³/mol. The summed E-state index contributed by atoms with van der Waals surface area (Å²) in [7, 11) is 3.97. The maximum atomic E-state index is 14.0. The van der Waals surface area contributed by atoms with Gasteiger partial charge in [0.05, 0.1) is 18.3 Å². The van der Waals surface area contributed by atoms with Crippen LogP contribution in [-0.4, -0.2) is 86.6 Å². The van der Waals surface area contributed by atoms with Gasteiger partial charge in [0.15, 0.2) is 5.82 Å². The molecular formula is C36H39BN10O2. The molecule has 2 aliphatic heterocycles. The van der Waals surface area contributed by atoms with Crippen molar-refractivity contribution in [1.29, 1.82) is 5.26 Å². The molecule has 2 unspecified atom stereocenters. The van der Waals surface area contributed by atoms with Gasteiger partial charge in [0.25, 0.3) is 5.91 Å². The van der Waals surface area contributed by atoms with Gasteiger partial charge in [0.2, 0.25) is 5.82 Å². The Morgan fingerprint density at radius 3 is 2.76 bits per heavy atom. The molecule has 13 heteroatoms. The van der Waals surface area contributed by atoms with Crippen LogP contribution in [0.4, 0.5) is 5.82 Å². The number of hydrogen-bond donors (Lipinski definition) is 1. The van der Waals surface area contributed by atoms with E-state index in [-0.39, 0.29) is 29.1 Å². The second-order valence-corrected chi connectivity index (χ2v) is 14.8. The zero-order valence-corrected chi connectivity index (χ0v) is 27.9. The Morgan fingerprint density at radius 2 is 2.00 bits per heavy atom. The first-order valence-corrected chi connectivity index (χ1v) is 17.4. The van der Waals surface area contributed by atoms with Gasteiger partial charge in [-0.2, -0.15) is 5.26 Å². The minimum absolute atomic E-state index is 0.00835. The minimum Gasteiger partial charge on any atom is -0.494 e. The summed E-state index contributed by atoms with van der Waals surface area (Å²) >= 11 is 0. The number of ether oxygens (including phenoxy) is 1. The summed E-state index contributed by atoms with van der Waals surface area (Å²) in [5.41, 5.74) is 10.7. The molecule has 248 valence electrons. The van der Waals surface area contributed by atoms with E-state index in [0.29, 0.717) is 36.2 Å². The molecule has 1 amide bonds. The van der Waals surface area contributed by atoms with E-state index in [1.807, 2.05) is 35.4 Å². The third-order valence-corrected chi connectivity index (χ3v) is 11.4. The number of rotatable bonds is 8. The molecule has 4 aromatic heterocycles. The number of hydrogen-bond acceptors (Lipinski definition) is 9. The highest BCUT2D eigenvalue weighted by Crippen LogP contribution is 2.44. The highest BCUT2D eigenvalue weighted by molar-refractivity contribution is 6.16. The average molecular weight is 655 g/mol. The van der Waals surface area contributed by atoms with Crippen molar-refractivity contribution in [3.63, 3.8) is 0 Å². The molecule has 2 saturated carbocycles. The predicted octanol–water partition coefficient (Wildman–Crippen LogP) is 3.40. The molecule has 4 aliphatic rings. The van der Waals surface area contributed by atoms with Crippen molar-refractivity contribution in [3.8, 4) is 23.3 Å². The minimum atomic E-state index is -0.157. The van der Waals surface area contributed by atoms with E-state index in [9.17, 15) is 10.1 Å². The fourth-order valence-electron chi connectivity index (χ4n) is 8.63. The molecule has 0 radical (unpaired) electrons. The number of pyridine rings is 1.